The van der Waals surface area contributed by atoms with Crippen LogP contribution in [0.5, 0.6) is 0 Å². The van der Waals surface area contributed by atoms with Gasteiger partial charge >= 0.3 is 0 Å². The Hall–Kier alpha value is -0.790. The molecule has 10 heavy (non-hydrogen) atoms. The molecule has 1 aliphatic rings. The molecule has 1 aliphatic carbocycles. The fraction of sp³-hybridized carbons (Fsp3) is 0.625. The van der Waals surface area contributed by atoms with E-state index in [1.807, 2.05) is 0 Å². The van der Waals surface area contributed by atoms with Crippen molar-refractivity contribution >= 4 is 6.47 Å². The summed E-state index contributed by atoms with van der Waals surface area (Å²) in [5.41, 5.74) is -0.318. The third kappa shape index (κ3) is 1.20. The summed E-state index contributed by atoms with van der Waals surface area (Å²) in [7, 11) is 0. The van der Waals surface area contributed by atoms with Crippen molar-refractivity contribution in [1.82, 2.24) is 0 Å². The van der Waals surface area contributed by atoms with Crippen molar-refractivity contribution < 1.29 is 9.53 Å². The van der Waals surface area contributed by atoms with Crippen molar-refractivity contribution in [3.63, 3.8) is 0 Å². The lowest BCUT2D eigenvalue weighted by Crippen LogP contribution is -2.24. The third-order valence-corrected chi connectivity index (χ3v) is 2.10. The molecule has 0 aromatic rings. The van der Waals surface area contributed by atoms with E-state index in [1.165, 1.54) is 0 Å². The van der Waals surface area contributed by atoms with Crippen molar-refractivity contribution in [2.45, 2.75) is 31.3 Å². The van der Waals surface area contributed by atoms with Gasteiger partial charge in [-0.15, -0.1) is 0 Å². The summed E-state index contributed by atoms with van der Waals surface area (Å²) in [5, 5.41) is 0. The van der Waals surface area contributed by atoms with E-state index in [0.717, 1.165) is 25.7 Å². The maximum atomic E-state index is 10.1. The zero-order valence-electron chi connectivity index (χ0n) is 6.01. The summed E-state index contributed by atoms with van der Waals surface area (Å²) < 4.78 is 4.94. The highest BCUT2D eigenvalue weighted by Crippen LogP contribution is 2.33. The Bertz CT molecular complexity index is 134. The topological polar surface area (TPSA) is 26.3 Å². The molecular formula is C8H12O2. The Kier molecular flexibility index (Phi) is 2.10. The first-order chi connectivity index (χ1) is 4.83. The molecule has 1 rings (SSSR count). The van der Waals surface area contributed by atoms with Crippen molar-refractivity contribution in [3.8, 4) is 0 Å². The molecule has 0 spiro atoms. The molecule has 0 aromatic carbocycles. The molecule has 0 unspecified atom stereocenters. The molecule has 0 aliphatic heterocycles. The predicted octanol–water partition coefficient (Wildman–Crippen LogP) is 1.66. The minimum Gasteiger partial charge on any atom is -0.457 e. The fourth-order valence-corrected chi connectivity index (χ4v) is 1.44. The van der Waals surface area contributed by atoms with Gasteiger partial charge in [-0.25, -0.2) is 0 Å². The van der Waals surface area contributed by atoms with Crippen LogP contribution in [0, 0.1) is 0 Å². The van der Waals surface area contributed by atoms with E-state index in [1.54, 1.807) is 6.08 Å². The predicted molar refractivity (Wildman–Crippen MR) is 38.5 cm³/mol. The number of rotatable bonds is 3. The molecule has 0 saturated heterocycles. The van der Waals surface area contributed by atoms with E-state index >= 15 is 0 Å². The number of carbonyl (C=O) groups excluding carboxylic acids is 1. The van der Waals surface area contributed by atoms with Gasteiger partial charge in [-0.1, -0.05) is 6.58 Å². The van der Waals surface area contributed by atoms with Gasteiger partial charge in [0.15, 0.2) is 0 Å². The maximum Gasteiger partial charge on any atom is 0.293 e. The van der Waals surface area contributed by atoms with Crippen molar-refractivity contribution in [1.29, 1.82) is 0 Å². The van der Waals surface area contributed by atoms with Gasteiger partial charge in [-0.3, -0.25) is 4.79 Å². The monoisotopic (exact) mass is 140 g/mol. The molecule has 0 aromatic heterocycles. The van der Waals surface area contributed by atoms with E-state index in [4.69, 9.17) is 4.74 Å². The number of hydrogen-bond donors (Lipinski definition) is 0. The summed E-state index contributed by atoms with van der Waals surface area (Å²) in [6.45, 7) is 4.17. The van der Waals surface area contributed by atoms with Crippen LogP contribution in [0.3, 0.4) is 0 Å². The van der Waals surface area contributed by atoms with Crippen molar-refractivity contribution in [2.75, 3.05) is 0 Å². The van der Waals surface area contributed by atoms with Gasteiger partial charge in [0.2, 0.25) is 0 Å². The molecule has 0 radical (unpaired) electrons. The molecule has 2 nitrogen and oxygen atoms in total. The molecule has 1 saturated carbocycles. The second kappa shape index (κ2) is 2.86. The van der Waals surface area contributed by atoms with Crippen LogP contribution in [0.25, 0.3) is 0 Å². The molecular weight excluding hydrogens is 128 g/mol. The summed E-state index contributed by atoms with van der Waals surface area (Å²) in [5.74, 6) is 0. The van der Waals surface area contributed by atoms with Gasteiger partial charge in [-0.05, 0) is 31.8 Å². The Labute approximate surface area is 60.9 Å². The van der Waals surface area contributed by atoms with Crippen molar-refractivity contribution in [2.24, 2.45) is 0 Å². The Morgan fingerprint density at radius 1 is 1.40 bits per heavy atom. The number of hydrogen-bond acceptors (Lipinski definition) is 2. The summed E-state index contributed by atoms with van der Waals surface area (Å²) in [6, 6.07) is 0. The van der Waals surface area contributed by atoms with Gasteiger partial charge in [0.05, 0.1) is 0 Å². The standard InChI is InChI=1S/C8H12O2/c1-2-8(10-7-9)5-3-4-6-8/h2,7H,1,3-6H2. The van der Waals surface area contributed by atoms with Crippen LogP contribution in [-0.2, 0) is 9.53 Å². The molecule has 2 heteroatoms. The zero-order chi connectivity index (χ0) is 7.45. The highest BCUT2D eigenvalue weighted by Gasteiger charge is 2.31. The maximum absolute atomic E-state index is 10.1. The molecule has 0 amide bonds. The van der Waals surface area contributed by atoms with Gasteiger partial charge in [0.1, 0.15) is 5.60 Å². The average molecular weight is 140 g/mol. The van der Waals surface area contributed by atoms with Crippen LogP contribution in [0.2, 0.25) is 0 Å². The van der Waals surface area contributed by atoms with E-state index in [-0.39, 0.29) is 5.60 Å². The average Bonchev–Trinajstić information content (AvgIpc) is 2.39. The SMILES string of the molecule is C=CC1(OC=O)CCCC1. The summed E-state index contributed by atoms with van der Waals surface area (Å²) in [6.07, 6.45) is 5.90. The number of carbonyl (C=O) groups is 1. The molecule has 0 N–H and O–H groups in total. The molecule has 56 valence electrons. The molecule has 0 bridgehead atoms. The van der Waals surface area contributed by atoms with E-state index in [2.05, 4.69) is 6.58 Å². The first-order valence-corrected chi connectivity index (χ1v) is 3.58. The minimum absolute atomic E-state index is 0.318. The molecule has 0 atom stereocenters. The Balaban J connectivity index is 2.57. The van der Waals surface area contributed by atoms with E-state index in [0.29, 0.717) is 6.47 Å². The summed E-state index contributed by atoms with van der Waals surface area (Å²) >= 11 is 0. The molecule has 1 fully saturated rings. The Morgan fingerprint density at radius 3 is 2.40 bits per heavy atom. The first-order valence-electron chi connectivity index (χ1n) is 3.58. The van der Waals surface area contributed by atoms with Crippen LogP contribution < -0.4 is 0 Å². The van der Waals surface area contributed by atoms with Crippen LogP contribution in [0.4, 0.5) is 0 Å². The largest absolute Gasteiger partial charge is 0.457 e. The molecule has 0 heterocycles. The van der Waals surface area contributed by atoms with Crippen LogP contribution in [0.15, 0.2) is 12.7 Å². The second-order valence-electron chi connectivity index (χ2n) is 2.69. The lowest BCUT2D eigenvalue weighted by atomic mass is 10.0. The number of ether oxygens (including phenoxy) is 1. The van der Waals surface area contributed by atoms with Gasteiger partial charge in [0.25, 0.3) is 6.47 Å². The Morgan fingerprint density at radius 2 is 2.00 bits per heavy atom. The lowest BCUT2D eigenvalue weighted by molar-refractivity contribution is -0.138. The normalized spacial score (nSPS) is 22.0. The summed E-state index contributed by atoms with van der Waals surface area (Å²) in [4.78, 5) is 10.1. The van der Waals surface area contributed by atoms with Gasteiger partial charge in [0, 0.05) is 0 Å². The smallest absolute Gasteiger partial charge is 0.293 e. The van der Waals surface area contributed by atoms with Gasteiger partial charge in [-0.2, -0.15) is 0 Å². The minimum atomic E-state index is -0.318. The lowest BCUT2D eigenvalue weighted by Gasteiger charge is -2.21. The first kappa shape index (κ1) is 7.32. The fourth-order valence-electron chi connectivity index (χ4n) is 1.44. The van der Waals surface area contributed by atoms with Gasteiger partial charge < -0.3 is 4.74 Å². The second-order valence-corrected chi connectivity index (χ2v) is 2.69. The van der Waals surface area contributed by atoms with Crippen molar-refractivity contribution in [3.05, 3.63) is 12.7 Å². The van der Waals surface area contributed by atoms with Crippen LogP contribution in [-0.4, -0.2) is 12.1 Å². The van der Waals surface area contributed by atoms with Crippen LogP contribution >= 0.6 is 0 Å². The third-order valence-electron chi connectivity index (χ3n) is 2.10. The van der Waals surface area contributed by atoms with E-state index in [9.17, 15) is 4.79 Å². The highest BCUT2D eigenvalue weighted by molar-refractivity contribution is 5.39. The zero-order valence-corrected chi connectivity index (χ0v) is 6.01. The van der Waals surface area contributed by atoms with Crippen LogP contribution in [0.1, 0.15) is 25.7 Å². The van der Waals surface area contributed by atoms with E-state index < -0.39 is 0 Å². The quantitative estimate of drug-likeness (QED) is 0.440. The highest BCUT2D eigenvalue weighted by atomic mass is 16.5.